The Morgan fingerprint density at radius 1 is 1.18 bits per heavy atom. The topological polar surface area (TPSA) is 56.7 Å². The molecule has 1 aromatic carbocycles. The molecule has 84 valence electrons. The van der Waals surface area contributed by atoms with E-state index in [9.17, 15) is 0 Å². The molecule has 0 amide bonds. The summed E-state index contributed by atoms with van der Waals surface area (Å²) in [4.78, 5) is 4.19. The molecule has 2 aromatic heterocycles. The lowest BCUT2D eigenvalue weighted by Crippen LogP contribution is -2.00. The van der Waals surface area contributed by atoms with Crippen molar-refractivity contribution in [1.82, 2.24) is 14.8 Å². The number of benzene rings is 1. The van der Waals surface area contributed by atoms with Gasteiger partial charge < -0.3 is 5.73 Å². The highest BCUT2D eigenvalue weighted by molar-refractivity contribution is 7.12. The number of anilines is 1. The van der Waals surface area contributed by atoms with E-state index in [0.717, 1.165) is 16.4 Å². The first kappa shape index (κ1) is 10.0. The molecule has 0 atom stereocenters. The van der Waals surface area contributed by atoms with Crippen LogP contribution in [0.5, 0.6) is 0 Å². The van der Waals surface area contributed by atoms with Gasteiger partial charge in [0.2, 0.25) is 5.13 Å². The number of nitrogens with zero attached hydrogens (tertiary/aromatic N) is 3. The molecule has 0 saturated heterocycles. The predicted molar refractivity (Wildman–Crippen MR) is 69.1 cm³/mol. The zero-order valence-corrected chi connectivity index (χ0v) is 9.76. The molecule has 3 rings (SSSR count). The van der Waals surface area contributed by atoms with Gasteiger partial charge in [0.25, 0.3) is 0 Å². The second kappa shape index (κ2) is 4.03. The van der Waals surface area contributed by atoms with E-state index in [1.54, 1.807) is 10.9 Å². The maximum Gasteiger partial charge on any atom is 0.212 e. The first-order valence-electron chi connectivity index (χ1n) is 5.15. The molecule has 0 aliphatic carbocycles. The fraction of sp³-hybridized carbons (Fsp3) is 0. The second-order valence-electron chi connectivity index (χ2n) is 3.55. The predicted octanol–water partition coefficient (Wildman–Crippen LogP) is 2.58. The average Bonchev–Trinajstić information content (AvgIpc) is 2.99. The standard InChI is InChI=1S/C12H10N4S/c13-11-8-10(9-4-2-1-3-5-9)15-16(11)12-14-6-7-17-12/h1-8H,13H2. The molecule has 0 bridgehead atoms. The van der Waals surface area contributed by atoms with Gasteiger partial charge in [0, 0.05) is 23.2 Å². The van der Waals surface area contributed by atoms with Crippen molar-refractivity contribution >= 4 is 17.2 Å². The minimum atomic E-state index is 0.596. The van der Waals surface area contributed by atoms with Crippen LogP contribution in [0.4, 0.5) is 5.82 Å². The smallest absolute Gasteiger partial charge is 0.212 e. The van der Waals surface area contributed by atoms with Crippen LogP contribution in [0.25, 0.3) is 16.4 Å². The fourth-order valence-electron chi connectivity index (χ4n) is 1.62. The van der Waals surface area contributed by atoms with E-state index in [1.165, 1.54) is 11.3 Å². The van der Waals surface area contributed by atoms with Gasteiger partial charge in [0.05, 0.1) is 5.69 Å². The summed E-state index contributed by atoms with van der Waals surface area (Å²) < 4.78 is 1.66. The summed E-state index contributed by atoms with van der Waals surface area (Å²) >= 11 is 1.51. The summed E-state index contributed by atoms with van der Waals surface area (Å²) in [5, 5.41) is 7.15. The number of aromatic nitrogens is 3. The van der Waals surface area contributed by atoms with Crippen molar-refractivity contribution in [3.8, 4) is 16.4 Å². The molecule has 17 heavy (non-hydrogen) atoms. The molecule has 3 aromatic rings. The maximum absolute atomic E-state index is 5.94. The highest BCUT2D eigenvalue weighted by Crippen LogP contribution is 2.23. The van der Waals surface area contributed by atoms with Crippen LogP contribution < -0.4 is 5.73 Å². The van der Waals surface area contributed by atoms with Crippen LogP contribution in [-0.4, -0.2) is 14.8 Å². The SMILES string of the molecule is Nc1cc(-c2ccccc2)nn1-c1nccs1. The van der Waals surface area contributed by atoms with E-state index in [1.807, 2.05) is 41.8 Å². The zero-order chi connectivity index (χ0) is 11.7. The summed E-state index contributed by atoms with van der Waals surface area (Å²) in [5.41, 5.74) is 7.85. The molecular formula is C12H10N4S. The minimum absolute atomic E-state index is 0.596. The molecule has 2 heterocycles. The number of hydrogen-bond donors (Lipinski definition) is 1. The van der Waals surface area contributed by atoms with Crippen molar-refractivity contribution in [2.24, 2.45) is 0 Å². The van der Waals surface area contributed by atoms with E-state index < -0.39 is 0 Å². The lowest BCUT2D eigenvalue weighted by molar-refractivity contribution is 0.884. The maximum atomic E-state index is 5.94. The Morgan fingerprint density at radius 2 is 2.00 bits per heavy atom. The number of hydrogen-bond acceptors (Lipinski definition) is 4. The third-order valence-corrected chi connectivity index (χ3v) is 3.15. The van der Waals surface area contributed by atoms with Gasteiger partial charge in [-0.2, -0.15) is 9.78 Å². The monoisotopic (exact) mass is 242 g/mol. The number of rotatable bonds is 2. The molecule has 0 fully saturated rings. The van der Waals surface area contributed by atoms with Crippen molar-refractivity contribution in [1.29, 1.82) is 0 Å². The van der Waals surface area contributed by atoms with Crippen LogP contribution >= 0.6 is 11.3 Å². The normalized spacial score (nSPS) is 10.6. The number of nitrogens with two attached hydrogens (primary N) is 1. The van der Waals surface area contributed by atoms with Gasteiger partial charge in [0.15, 0.2) is 0 Å². The van der Waals surface area contributed by atoms with Gasteiger partial charge in [-0.15, -0.1) is 11.3 Å². The van der Waals surface area contributed by atoms with E-state index >= 15 is 0 Å². The van der Waals surface area contributed by atoms with Crippen LogP contribution in [0.15, 0.2) is 48.0 Å². The summed E-state index contributed by atoms with van der Waals surface area (Å²) in [5.74, 6) is 0.596. The van der Waals surface area contributed by atoms with E-state index in [-0.39, 0.29) is 0 Å². The summed E-state index contributed by atoms with van der Waals surface area (Å²) in [6, 6.07) is 11.8. The Bertz CT molecular complexity index is 613. The van der Waals surface area contributed by atoms with Crippen LogP contribution in [0.1, 0.15) is 0 Å². The van der Waals surface area contributed by atoms with Gasteiger partial charge in [-0.05, 0) is 0 Å². The molecule has 4 nitrogen and oxygen atoms in total. The van der Waals surface area contributed by atoms with Crippen LogP contribution in [0.2, 0.25) is 0 Å². The van der Waals surface area contributed by atoms with Gasteiger partial charge in [-0.3, -0.25) is 0 Å². The first-order chi connectivity index (χ1) is 8.34. The summed E-state index contributed by atoms with van der Waals surface area (Å²) in [6.45, 7) is 0. The largest absolute Gasteiger partial charge is 0.383 e. The van der Waals surface area contributed by atoms with Crippen LogP contribution in [0.3, 0.4) is 0 Å². The molecule has 2 N–H and O–H groups in total. The molecule has 0 radical (unpaired) electrons. The number of nitrogen functional groups attached to an aromatic ring is 1. The summed E-state index contributed by atoms with van der Waals surface area (Å²) in [6.07, 6.45) is 1.74. The quantitative estimate of drug-likeness (QED) is 0.751. The van der Waals surface area contributed by atoms with Gasteiger partial charge in [0.1, 0.15) is 5.82 Å². The van der Waals surface area contributed by atoms with Crippen molar-refractivity contribution in [3.05, 3.63) is 48.0 Å². The Hall–Kier alpha value is -2.14. The molecule has 0 aliphatic heterocycles. The second-order valence-corrected chi connectivity index (χ2v) is 4.42. The minimum Gasteiger partial charge on any atom is -0.383 e. The third-order valence-electron chi connectivity index (χ3n) is 2.41. The highest BCUT2D eigenvalue weighted by Gasteiger charge is 2.09. The van der Waals surface area contributed by atoms with E-state index in [4.69, 9.17) is 5.73 Å². The highest BCUT2D eigenvalue weighted by atomic mass is 32.1. The van der Waals surface area contributed by atoms with Gasteiger partial charge >= 0.3 is 0 Å². The molecular weight excluding hydrogens is 232 g/mol. The average molecular weight is 242 g/mol. The molecule has 0 saturated carbocycles. The summed E-state index contributed by atoms with van der Waals surface area (Å²) in [7, 11) is 0. The number of thiazole rings is 1. The fourth-order valence-corrected chi connectivity index (χ4v) is 2.23. The van der Waals surface area contributed by atoms with Crippen molar-refractivity contribution in [2.75, 3.05) is 5.73 Å². The third kappa shape index (κ3) is 1.81. The van der Waals surface area contributed by atoms with Crippen LogP contribution in [0, 0.1) is 0 Å². The van der Waals surface area contributed by atoms with Crippen LogP contribution in [-0.2, 0) is 0 Å². The molecule has 0 spiro atoms. The van der Waals surface area contributed by atoms with Gasteiger partial charge in [-0.1, -0.05) is 30.3 Å². The van der Waals surface area contributed by atoms with Gasteiger partial charge in [-0.25, -0.2) is 4.98 Å². The Balaban J connectivity index is 2.08. The first-order valence-corrected chi connectivity index (χ1v) is 6.03. The lowest BCUT2D eigenvalue weighted by atomic mass is 10.2. The zero-order valence-electron chi connectivity index (χ0n) is 8.95. The molecule has 0 unspecified atom stereocenters. The van der Waals surface area contributed by atoms with Crippen molar-refractivity contribution in [2.45, 2.75) is 0 Å². The molecule has 0 aliphatic rings. The Morgan fingerprint density at radius 3 is 2.71 bits per heavy atom. The Kier molecular flexibility index (Phi) is 2.38. The van der Waals surface area contributed by atoms with Crippen molar-refractivity contribution in [3.63, 3.8) is 0 Å². The van der Waals surface area contributed by atoms with E-state index in [2.05, 4.69) is 10.1 Å². The lowest BCUT2D eigenvalue weighted by Gasteiger charge is -1.97. The molecule has 5 heteroatoms. The van der Waals surface area contributed by atoms with Crippen molar-refractivity contribution < 1.29 is 0 Å². The Labute approximate surface area is 102 Å². The van der Waals surface area contributed by atoms with E-state index in [0.29, 0.717) is 5.82 Å².